The normalized spacial score (nSPS) is 10.9. The van der Waals surface area contributed by atoms with Crippen molar-refractivity contribution in [3.63, 3.8) is 0 Å². The molecular formula is C22H22N2O4S. The Morgan fingerprint density at radius 2 is 1.79 bits per heavy atom. The van der Waals surface area contributed by atoms with Crippen molar-refractivity contribution in [3.8, 4) is 5.75 Å². The summed E-state index contributed by atoms with van der Waals surface area (Å²) in [6, 6.07) is 14.3. The van der Waals surface area contributed by atoms with Crippen molar-refractivity contribution in [3.05, 3.63) is 64.4 Å². The lowest BCUT2D eigenvalue weighted by atomic mass is 10.1. The summed E-state index contributed by atoms with van der Waals surface area (Å²) in [5.41, 5.74) is 0.389. The summed E-state index contributed by atoms with van der Waals surface area (Å²) in [7, 11) is 1.59. The first kappa shape index (κ1) is 20.7. The van der Waals surface area contributed by atoms with Crippen molar-refractivity contribution in [2.75, 3.05) is 11.6 Å². The van der Waals surface area contributed by atoms with Crippen molar-refractivity contribution < 1.29 is 14.3 Å². The molecule has 0 saturated heterocycles. The minimum absolute atomic E-state index is 0.00821. The van der Waals surface area contributed by atoms with Crippen molar-refractivity contribution in [1.82, 2.24) is 4.57 Å². The fourth-order valence-electron chi connectivity index (χ4n) is 2.87. The molecule has 1 amide bonds. The van der Waals surface area contributed by atoms with Gasteiger partial charge in [0.05, 0.1) is 11.4 Å². The van der Waals surface area contributed by atoms with Gasteiger partial charge >= 0.3 is 5.97 Å². The van der Waals surface area contributed by atoms with E-state index in [-0.39, 0.29) is 11.3 Å². The maximum Gasteiger partial charge on any atom is 0.313 e. The molecule has 0 bridgehead atoms. The zero-order valence-corrected chi connectivity index (χ0v) is 17.5. The second kappa shape index (κ2) is 8.53. The van der Waals surface area contributed by atoms with Gasteiger partial charge in [0.1, 0.15) is 5.56 Å². The summed E-state index contributed by atoms with van der Waals surface area (Å²) in [6.07, 6.45) is 1.92. The predicted molar refractivity (Wildman–Crippen MR) is 116 cm³/mol. The second-order valence-electron chi connectivity index (χ2n) is 6.85. The van der Waals surface area contributed by atoms with E-state index in [0.29, 0.717) is 16.6 Å². The molecule has 0 atom stereocenters. The molecule has 1 heterocycles. The van der Waals surface area contributed by atoms with Crippen LogP contribution in [0.2, 0.25) is 0 Å². The number of carbonyl (C=O) groups excluding carboxylic acids is 2. The average Bonchev–Trinajstić information content (AvgIpc) is 2.71. The van der Waals surface area contributed by atoms with Gasteiger partial charge in [0.25, 0.3) is 11.5 Å². The Labute approximate surface area is 172 Å². The number of aryl methyl sites for hydroxylation is 1. The third kappa shape index (κ3) is 4.19. The SMILES string of the molecule is CSc1ccc2c(c1)c(OC(=O)C(C)C)c(C(=O)Nc1ccccc1)c(=O)n2C. The fourth-order valence-corrected chi connectivity index (χ4v) is 3.30. The highest BCUT2D eigenvalue weighted by Gasteiger charge is 2.26. The fraction of sp³-hybridized carbons (Fsp3) is 0.227. The number of hydrogen-bond donors (Lipinski definition) is 1. The molecule has 0 aliphatic heterocycles. The average molecular weight is 410 g/mol. The van der Waals surface area contributed by atoms with Gasteiger partial charge in [-0.1, -0.05) is 32.0 Å². The molecule has 1 N–H and O–H groups in total. The van der Waals surface area contributed by atoms with Gasteiger partial charge in [0.15, 0.2) is 5.75 Å². The minimum atomic E-state index is -0.625. The van der Waals surface area contributed by atoms with E-state index in [0.717, 1.165) is 4.90 Å². The van der Waals surface area contributed by atoms with Gasteiger partial charge in [0, 0.05) is 23.0 Å². The number of benzene rings is 2. The Kier molecular flexibility index (Phi) is 6.08. The molecule has 0 aliphatic rings. The molecular weight excluding hydrogens is 388 g/mol. The highest BCUT2D eigenvalue weighted by atomic mass is 32.2. The standard InChI is InChI=1S/C22H22N2O4S/c1-13(2)22(27)28-19-16-12-15(29-4)10-11-17(16)24(3)21(26)18(19)20(25)23-14-8-6-5-7-9-14/h5-13H,1-4H3,(H,23,25). The van der Waals surface area contributed by atoms with E-state index in [2.05, 4.69) is 5.32 Å². The number of pyridine rings is 1. The molecule has 7 heteroatoms. The summed E-state index contributed by atoms with van der Waals surface area (Å²) in [5, 5.41) is 3.25. The monoisotopic (exact) mass is 410 g/mol. The number of carbonyl (C=O) groups is 2. The Morgan fingerprint density at radius 3 is 2.41 bits per heavy atom. The van der Waals surface area contributed by atoms with Crippen LogP contribution >= 0.6 is 11.8 Å². The highest BCUT2D eigenvalue weighted by Crippen LogP contribution is 2.32. The number of hydrogen-bond acceptors (Lipinski definition) is 5. The third-order valence-corrected chi connectivity index (χ3v) is 5.21. The molecule has 0 aliphatic carbocycles. The van der Waals surface area contributed by atoms with Crippen LogP contribution in [0.5, 0.6) is 5.75 Å². The number of rotatable bonds is 5. The number of esters is 1. The zero-order chi connectivity index (χ0) is 21.1. The van der Waals surface area contributed by atoms with E-state index in [1.807, 2.05) is 24.5 Å². The Morgan fingerprint density at radius 1 is 1.10 bits per heavy atom. The highest BCUT2D eigenvalue weighted by molar-refractivity contribution is 7.98. The predicted octanol–water partition coefficient (Wildman–Crippen LogP) is 4.07. The quantitative estimate of drug-likeness (QED) is 0.507. The number of fused-ring (bicyclic) bond motifs is 1. The first-order valence-electron chi connectivity index (χ1n) is 9.12. The number of nitrogens with zero attached hydrogens (tertiary/aromatic N) is 1. The first-order valence-corrected chi connectivity index (χ1v) is 10.3. The van der Waals surface area contributed by atoms with Gasteiger partial charge in [-0.05, 0) is 36.6 Å². The van der Waals surface area contributed by atoms with E-state index in [1.165, 1.54) is 16.3 Å². The third-order valence-electron chi connectivity index (χ3n) is 4.49. The van der Waals surface area contributed by atoms with Crippen LogP contribution in [0.15, 0.2) is 58.2 Å². The molecule has 6 nitrogen and oxygen atoms in total. The molecule has 0 spiro atoms. The van der Waals surface area contributed by atoms with Crippen LogP contribution in [0, 0.1) is 5.92 Å². The number of nitrogens with one attached hydrogen (secondary N) is 1. The van der Waals surface area contributed by atoms with E-state index < -0.39 is 23.4 Å². The van der Waals surface area contributed by atoms with E-state index in [1.54, 1.807) is 51.2 Å². The smallest absolute Gasteiger partial charge is 0.313 e. The summed E-state index contributed by atoms with van der Waals surface area (Å²) in [4.78, 5) is 39.4. The molecule has 0 fully saturated rings. The summed E-state index contributed by atoms with van der Waals surface area (Å²) >= 11 is 1.52. The van der Waals surface area contributed by atoms with Crippen LogP contribution in [0.3, 0.4) is 0 Å². The van der Waals surface area contributed by atoms with Crippen LogP contribution in [-0.4, -0.2) is 22.7 Å². The summed E-state index contributed by atoms with van der Waals surface area (Å²) < 4.78 is 6.99. The first-order chi connectivity index (χ1) is 13.8. The van der Waals surface area contributed by atoms with Crippen molar-refractivity contribution >= 4 is 40.2 Å². The summed E-state index contributed by atoms with van der Waals surface area (Å²) in [5.74, 6) is -1.56. The Balaban J connectivity index is 2.25. The molecule has 2 aromatic carbocycles. The number of anilines is 1. The zero-order valence-electron chi connectivity index (χ0n) is 16.7. The van der Waals surface area contributed by atoms with Crippen LogP contribution in [0.4, 0.5) is 5.69 Å². The number of para-hydroxylation sites is 1. The van der Waals surface area contributed by atoms with Crippen LogP contribution in [0.1, 0.15) is 24.2 Å². The van der Waals surface area contributed by atoms with E-state index in [4.69, 9.17) is 4.74 Å². The topological polar surface area (TPSA) is 77.4 Å². The molecule has 3 rings (SSSR count). The van der Waals surface area contributed by atoms with Crippen LogP contribution in [-0.2, 0) is 11.8 Å². The summed E-state index contributed by atoms with van der Waals surface area (Å²) in [6.45, 7) is 3.39. The lowest BCUT2D eigenvalue weighted by Gasteiger charge is -2.17. The van der Waals surface area contributed by atoms with E-state index in [9.17, 15) is 14.4 Å². The van der Waals surface area contributed by atoms with Gasteiger partial charge < -0.3 is 14.6 Å². The number of thioether (sulfide) groups is 1. The second-order valence-corrected chi connectivity index (χ2v) is 7.73. The van der Waals surface area contributed by atoms with Crippen molar-refractivity contribution in [2.45, 2.75) is 18.7 Å². The lowest BCUT2D eigenvalue weighted by molar-refractivity contribution is -0.137. The molecule has 150 valence electrons. The molecule has 3 aromatic rings. The van der Waals surface area contributed by atoms with Gasteiger partial charge in [-0.25, -0.2) is 0 Å². The van der Waals surface area contributed by atoms with Crippen molar-refractivity contribution in [1.29, 1.82) is 0 Å². The van der Waals surface area contributed by atoms with Crippen LogP contribution < -0.4 is 15.6 Å². The molecule has 29 heavy (non-hydrogen) atoms. The minimum Gasteiger partial charge on any atom is -0.425 e. The van der Waals surface area contributed by atoms with Gasteiger partial charge in [-0.3, -0.25) is 14.4 Å². The Hall–Kier alpha value is -3.06. The Bertz CT molecular complexity index is 1140. The number of aromatic nitrogens is 1. The largest absolute Gasteiger partial charge is 0.425 e. The van der Waals surface area contributed by atoms with Crippen molar-refractivity contribution in [2.24, 2.45) is 13.0 Å². The lowest BCUT2D eigenvalue weighted by Crippen LogP contribution is -2.30. The number of ether oxygens (including phenoxy) is 1. The van der Waals surface area contributed by atoms with E-state index >= 15 is 0 Å². The molecule has 0 unspecified atom stereocenters. The molecule has 1 aromatic heterocycles. The number of amides is 1. The van der Waals surface area contributed by atoms with Gasteiger partial charge in [0.2, 0.25) is 0 Å². The van der Waals surface area contributed by atoms with Crippen LogP contribution in [0.25, 0.3) is 10.9 Å². The molecule has 0 radical (unpaired) electrons. The molecule has 0 saturated carbocycles. The van der Waals surface area contributed by atoms with Gasteiger partial charge in [-0.2, -0.15) is 0 Å². The maximum atomic E-state index is 13.0. The van der Waals surface area contributed by atoms with Gasteiger partial charge in [-0.15, -0.1) is 11.8 Å². The maximum absolute atomic E-state index is 13.0.